The van der Waals surface area contributed by atoms with Crippen LogP contribution in [-0.2, 0) is 4.79 Å². The fourth-order valence-corrected chi connectivity index (χ4v) is 1.93. The Bertz CT molecular complexity index is 218. The number of hydrogen-bond donors (Lipinski definition) is 1. The molecule has 13 heavy (non-hydrogen) atoms. The molecule has 1 aliphatic rings. The van der Waals surface area contributed by atoms with Gasteiger partial charge in [-0.15, -0.1) is 23.2 Å². The molecule has 2 nitrogen and oxygen atoms in total. The summed E-state index contributed by atoms with van der Waals surface area (Å²) in [6, 6.07) is 0. The van der Waals surface area contributed by atoms with Gasteiger partial charge in [-0.3, -0.25) is 4.79 Å². The molecular weight excluding hydrogens is 209 g/mol. The van der Waals surface area contributed by atoms with Crippen LogP contribution in [0.4, 0.5) is 0 Å². The van der Waals surface area contributed by atoms with E-state index in [2.05, 4.69) is 12.2 Å². The number of carbonyl (C=O) groups excluding carboxylic acids is 1. The second-order valence-corrected chi connectivity index (χ2v) is 5.31. The molecule has 0 aliphatic heterocycles. The summed E-state index contributed by atoms with van der Waals surface area (Å²) < 4.78 is -0.844. The smallest absolute Gasteiger partial charge is 0.229 e. The van der Waals surface area contributed by atoms with Gasteiger partial charge in [0, 0.05) is 6.54 Å². The van der Waals surface area contributed by atoms with Crippen LogP contribution in [0.5, 0.6) is 0 Å². The third-order valence-electron chi connectivity index (χ3n) is 2.57. The molecule has 1 saturated carbocycles. The Hall–Kier alpha value is 0.0500. The molecule has 1 amide bonds. The van der Waals surface area contributed by atoms with Crippen molar-refractivity contribution in [3.8, 4) is 0 Å². The molecule has 0 radical (unpaired) electrons. The topological polar surface area (TPSA) is 29.1 Å². The fourth-order valence-electron chi connectivity index (χ4n) is 1.22. The Morgan fingerprint density at radius 1 is 1.54 bits per heavy atom. The maximum atomic E-state index is 11.5. The normalized spacial score (nSPS) is 29.8. The van der Waals surface area contributed by atoms with Crippen LogP contribution in [0.25, 0.3) is 0 Å². The van der Waals surface area contributed by atoms with E-state index in [0.29, 0.717) is 6.42 Å². The largest absolute Gasteiger partial charge is 0.356 e. The lowest BCUT2D eigenvalue weighted by atomic mass is 10.1. The standard InChI is InChI=1S/C9H15Cl2NO/c1-3-4-5-12-7(13)8(2)6-9(8,10)11/h3-6H2,1-2H3,(H,12,13). The van der Waals surface area contributed by atoms with Crippen molar-refractivity contribution in [3.05, 3.63) is 0 Å². The van der Waals surface area contributed by atoms with E-state index in [0.717, 1.165) is 19.4 Å². The van der Waals surface area contributed by atoms with Crippen LogP contribution in [0, 0.1) is 5.41 Å². The monoisotopic (exact) mass is 223 g/mol. The Kier molecular flexibility index (Phi) is 3.13. The van der Waals surface area contributed by atoms with Gasteiger partial charge in [0.1, 0.15) is 4.33 Å². The molecule has 76 valence electrons. The Morgan fingerprint density at radius 3 is 2.46 bits per heavy atom. The van der Waals surface area contributed by atoms with Crippen LogP contribution in [0.15, 0.2) is 0 Å². The van der Waals surface area contributed by atoms with Crippen LogP contribution in [0.3, 0.4) is 0 Å². The number of carbonyl (C=O) groups is 1. The number of amides is 1. The van der Waals surface area contributed by atoms with Gasteiger partial charge in [-0.2, -0.15) is 0 Å². The van der Waals surface area contributed by atoms with Crippen molar-refractivity contribution in [2.24, 2.45) is 5.41 Å². The molecule has 0 spiro atoms. The molecule has 0 aromatic rings. The van der Waals surface area contributed by atoms with E-state index in [1.54, 1.807) is 6.92 Å². The highest BCUT2D eigenvalue weighted by Crippen LogP contribution is 2.63. The molecule has 0 bridgehead atoms. The highest BCUT2D eigenvalue weighted by atomic mass is 35.5. The molecule has 1 atom stereocenters. The number of nitrogens with one attached hydrogen (secondary N) is 1. The van der Waals surface area contributed by atoms with Gasteiger partial charge in [-0.1, -0.05) is 13.3 Å². The minimum atomic E-state index is -0.844. The lowest BCUT2D eigenvalue weighted by Crippen LogP contribution is -2.33. The van der Waals surface area contributed by atoms with Gasteiger partial charge < -0.3 is 5.32 Å². The van der Waals surface area contributed by atoms with Gasteiger partial charge in [0.2, 0.25) is 5.91 Å². The van der Waals surface area contributed by atoms with Gasteiger partial charge in [0.15, 0.2) is 0 Å². The number of unbranched alkanes of at least 4 members (excludes halogenated alkanes) is 1. The first-order valence-electron chi connectivity index (χ1n) is 4.60. The molecule has 1 unspecified atom stereocenters. The van der Waals surface area contributed by atoms with Crippen molar-refractivity contribution < 1.29 is 4.79 Å². The second kappa shape index (κ2) is 3.66. The summed E-state index contributed by atoms with van der Waals surface area (Å²) in [5.74, 6) is -0.0223. The second-order valence-electron chi connectivity index (χ2n) is 3.82. The molecular formula is C9H15Cl2NO. The van der Waals surface area contributed by atoms with Crippen LogP contribution in [0.2, 0.25) is 0 Å². The van der Waals surface area contributed by atoms with Crippen molar-refractivity contribution in [1.29, 1.82) is 0 Å². The molecule has 1 fully saturated rings. The van der Waals surface area contributed by atoms with Crippen molar-refractivity contribution in [2.45, 2.75) is 37.4 Å². The SMILES string of the molecule is CCCCNC(=O)C1(C)CC1(Cl)Cl. The molecule has 0 saturated heterocycles. The van der Waals surface area contributed by atoms with E-state index in [1.165, 1.54) is 0 Å². The van der Waals surface area contributed by atoms with E-state index in [9.17, 15) is 4.79 Å². The zero-order chi connectivity index (χ0) is 10.1. The third-order valence-corrected chi connectivity index (χ3v) is 3.68. The maximum Gasteiger partial charge on any atom is 0.229 e. The summed E-state index contributed by atoms with van der Waals surface area (Å²) in [6.07, 6.45) is 2.63. The quantitative estimate of drug-likeness (QED) is 0.576. The lowest BCUT2D eigenvalue weighted by molar-refractivity contribution is -0.125. The van der Waals surface area contributed by atoms with E-state index in [4.69, 9.17) is 23.2 Å². The summed E-state index contributed by atoms with van der Waals surface area (Å²) in [5, 5.41) is 2.83. The van der Waals surface area contributed by atoms with E-state index in [-0.39, 0.29) is 5.91 Å². The third kappa shape index (κ3) is 2.10. The summed E-state index contributed by atoms with van der Waals surface area (Å²) in [6.45, 7) is 4.60. The van der Waals surface area contributed by atoms with Crippen molar-refractivity contribution >= 4 is 29.1 Å². The highest BCUT2D eigenvalue weighted by Gasteiger charge is 2.67. The summed E-state index contributed by atoms with van der Waals surface area (Å²) in [7, 11) is 0. The molecule has 1 N–H and O–H groups in total. The molecule has 0 aromatic carbocycles. The van der Waals surface area contributed by atoms with Gasteiger partial charge in [0.25, 0.3) is 0 Å². The van der Waals surface area contributed by atoms with Gasteiger partial charge in [-0.05, 0) is 19.8 Å². The number of alkyl halides is 2. The zero-order valence-corrected chi connectivity index (χ0v) is 9.50. The molecule has 0 aromatic heterocycles. The van der Waals surface area contributed by atoms with Gasteiger partial charge >= 0.3 is 0 Å². The van der Waals surface area contributed by atoms with Crippen molar-refractivity contribution in [3.63, 3.8) is 0 Å². The predicted molar refractivity (Wildman–Crippen MR) is 55.1 cm³/mol. The highest BCUT2D eigenvalue weighted by molar-refractivity contribution is 6.53. The van der Waals surface area contributed by atoms with Gasteiger partial charge in [-0.25, -0.2) is 0 Å². The average Bonchev–Trinajstić information content (AvgIpc) is 2.53. The Morgan fingerprint density at radius 2 is 2.08 bits per heavy atom. The van der Waals surface area contributed by atoms with Crippen molar-refractivity contribution in [1.82, 2.24) is 5.32 Å². The summed E-state index contributed by atoms with van der Waals surface area (Å²) in [4.78, 5) is 11.5. The minimum Gasteiger partial charge on any atom is -0.356 e. The zero-order valence-electron chi connectivity index (χ0n) is 7.99. The lowest BCUT2D eigenvalue weighted by Gasteiger charge is -2.11. The molecule has 4 heteroatoms. The van der Waals surface area contributed by atoms with E-state index >= 15 is 0 Å². The van der Waals surface area contributed by atoms with Gasteiger partial charge in [0.05, 0.1) is 5.41 Å². The van der Waals surface area contributed by atoms with Crippen LogP contribution >= 0.6 is 23.2 Å². The van der Waals surface area contributed by atoms with Crippen LogP contribution < -0.4 is 5.32 Å². The van der Waals surface area contributed by atoms with Crippen LogP contribution in [0.1, 0.15) is 33.1 Å². The number of hydrogen-bond acceptors (Lipinski definition) is 1. The minimum absolute atomic E-state index is 0.0223. The Labute approximate surface area is 89.0 Å². The maximum absolute atomic E-state index is 11.5. The average molecular weight is 224 g/mol. The molecule has 1 rings (SSSR count). The van der Waals surface area contributed by atoms with E-state index in [1.807, 2.05) is 0 Å². The number of halogens is 2. The number of rotatable bonds is 4. The first-order valence-corrected chi connectivity index (χ1v) is 5.36. The fraction of sp³-hybridized carbons (Fsp3) is 0.889. The van der Waals surface area contributed by atoms with Crippen LogP contribution in [-0.4, -0.2) is 16.8 Å². The Balaban J connectivity index is 2.34. The summed E-state index contributed by atoms with van der Waals surface area (Å²) in [5.41, 5.74) is -0.566. The molecule has 0 heterocycles. The van der Waals surface area contributed by atoms with E-state index < -0.39 is 9.75 Å². The van der Waals surface area contributed by atoms with Crippen molar-refractivity contribution in [2.75, 3.05) is 6.54 Å². The first-order chi connectivity index (χ1) is 5.94. The predicted octanol–water partition coefficient (Wildman–Crippen LogP) is 2.49. The first kappa shape index (κ1) is 11.1. The molecule has 1 aliphatic carbocycles. The summed E-state index contributed by atoms with van der Waals surface area (Å²) >= 11 is 11.7.